The first-order valence-electron chi connectivity index (χ1n) is 10.3. The lowest BCUT2D eigenvalue weighted by Gasteiger charge is -2.27. The molecule has 3 amide bonds. The van der Waals surface area contributed by atoms with Crippen LogP contribution in [0.3, 0.4) is 0 Å². The second kappa shape index (κ2) is 14.3. The minimum absolute atomic E-state index is 0.273. The molecule has 32 heavy (non-hydrogen) atoms. The number of hydrogen-bond donors (Lipinski definition) is 8. The van der Waals surface area contributed by atoms with Crippen LogP contribution in [0.2, 0.25) is 0 Å². The van der Waals surface area contributed by atoms with Gasteiger partial charge in [0.1, 0.15) is 18.1 Å². The highest BCUT2D eigenvalue weighted by Gasteiger charge is 2.34. The molecule has 5 atom stereocenters. The molecule has 0 aliphatic rings. The average molecular weight is 462 g/mol. The maximum atomic E-state index is 12.6. The van der Waals surface area contributed by atoms with E-state index in [4.69, 9.17) is 16.6 Å². The predicted octanol–water partition coefficient (Wildman–Crippen LogP) is -2.51. The van der Waals surface area contributed by atoms with Crippen LogP contribution < -0.4 is 27.4 Å². The highest BCUT2D eigenvalue weighted by Crippen LogP contribution is 2.05. The van der Waals surface area contributed by atoms with Crippen molar-refractivity contribution in [3.8, 4) is 0 Å². The fourth-order valence-corrected chi connectivity index (χ4v) is 2.72. The molecule has 0 aliphatic carbocycles. The van der Waals surface area contributed by atoms with Crippen molar-refractivity contribution >= 4 is 29.7 Å². The van der Waals surface area contributed by atoms with Crippen LogP contribution in [0.5, 0.6) is 0 Å². The van der Waals surface area contributed by atoms with E-state index in [1.807, 2.05) is 0 Å². The van der Waals surface area contributed by atoms with Gasteiger partial charge >= 0.3 is 11.9 Å². The third-order valence-electron chi connectivity index (χ3n) is 4.61. The van der Waals surface area contributed by atoms with Crippen molar-refractivity contribution in [3.63, 3.8) is 0 Å². The van der Waals surface area contributed by atoms with Crippen LogP contribution in [0.4, 0.5) is 0 Å². The third-order valence-corrected chi connectivity index (χ3v) is 4.61. The smallest absolute Gasteiger partial charge is 0.326 e. The second-order valence-electron chi connectivity index (χ2n) is 7.85. The molecule has 0 radical (unpaired) electrons. The van der Waals surface area contributed by atoms with Gasteiger partial charge in [0.15, 0.2) is 0 Å². The normalized spacial score (nSPS) is 15.7. The standard InChI is InChI=1S/C19H35N5O8/c1-9(2)14(19(31)32)23-18(30)15(10(3)25)24-17(29)12(8-13(26)27)22-16(28)11(21)6-4-5-7-20/h9-12,14-15,25H,4-8,20-21H2,1-3H3,(H,22,28)(H,23,30)(H,24,29)(H,26,27)(H,31,32). The Morgan fingerprint density at radius 1 is 0.844 bits per heavy atom. The van der Waals surface area contributed by atoms with Crippen LogP contribution in [0.1, 0.15) is 46.5 Å². The fraction of sp³-hybridized carbons (Fsp3) is 0.737. The molecule has 184 valence electrons. The maximum Gasteiger partial charge on any atom is 0.326 e. The molecular weight excluding hydrogens is 426 g/mol. The average Bonchev–Trinajstić information content (AvgIpc) is 2.68. The number of aliphatic hydroxyl groups is 1. The van der Waals surface area contributed by atoms with E-state index in [9.17, 15) is 34.2 Å². The number of amides is 3. The van der Waals surface area contributed by atoms with Gasteiger partial charge in [0.25, 0.3) is 0 Å². The molecule has 0 fully saturated rings. The summed E-state index contributed by atoms with van der Waals surface area (Å²) in [7, 11) is 0. The van der Waals surface area contributed by atoms with Gasteiger partial charge in [0.05, 0.1) is 18.6 Å². The number of unbranched alkanes of at least 4 members (excludes halogenated alkanes) is 1. The van der Waals surface area contributed by atoms with Crippen molar-refractivity contribution in [2.24, 2.45) is 17.4 Å². The first-order valence-corrected chi connectivity index (χ1v) is 10.3. The van der Waals surface area contributed by atoms with E-state index in [1.165, 1.54) is 6.92 Å². The molecule has 0 spiro atoms. The zero-order chi connectivity index (χ0) is 25.0. The van der Waals surface area contributed by atoms with Crippen LogP contribution in [-0.4, -0.2) is 81.8 Å². The monoisotopic (exact) mass is 461 g/mol. The summed E-state index contributed by atoms with van der Waals surface area (Å²) in [5, 5.41) is 34.8. The summed E-state index contributed by atoms with van der Waals surface area (Å²) in [6, 6.07) is -5.44. The van der Waals surface area contributed by atoms with Gasteiger partial charge in [-0.05, 0) is 32.2 Å². The van der Waals surface area contributed by atoms with Gasteiger partial charge in [0, 0.05) is 0 Å². The Kier molecular flexibility index (Phi) is 13.1. The van der Waals surface area contributed by atoms with Gasteiger partial charge in [-0.15, -0.1) is 0 Å². The highest BCUT2D eigenvalue weighted by atomic mass is 16.4. The number of carboxylic acid groups (broad SMARTS) is 2. The number of carbonyl (C=O) groups excluding carboxylic acids is 3. The van der Waals surface area contributed by atoms with E-state index < -0.39 is 72.3 Å². The number of nitrogens with two attached hydrogens (primary N) is 2. The number of aliphatic hydroxyl groups excluding tert-OH is 1. The van der Waals surface area contributed by atoms with Crippen LogP contribution in [0.15, 0.2) is 0 Å². The predicted molar refractivity (Wildman–Crippen MR) is 113 cm³/mol. The summed E-state index contributed by atoms with van der Waals surface area (Å²) < 4.78 is 0. The lowest BCUT2D eigenvalue weighted by atomic mass is 10.0. The minimum Gasteiger partial charge on any atom is -0.481 e. The van der Waals surface area contributed by atoms with Gasteiger partial charge in [0.2, 0.25) is 17.7 Å². The Balaban J connectivity index is 5.35. The van der Waals surface area contributed by atoms with E-state index >= 15 is 0 Å². The number of aliphatic carboxylic acids is 2. The fourth-order valence-electron chi connectivity index (χ4n) is 2.72. The number of rotatable bonds is 15. The van der Waals surface area contributed by atoms with E-state index in [1.54, 1.807) is 13.8 Å². The number of carbonyl (C=O) groups is 5. The first kappa shape index (κ1) is 29.2. The van der Waals surface area contributed by atoms with Crippen molar-refractivity contribution in [3.05, 3.63) is 0 Å². The van der Waals surface area contributed by atoms with Crippen LogP contribution in [-0.2, 0) is 24.0 Å². The van der Waals surface area contributed by atoms with Gasteiger partial charge in [-0.2, -0.15) is 0 Å². The molecule has 5 unspecified atom stereocenters. The molecule has 0 rings (SSSR count). The zero-order valence-corrected chi connectivity index (χ0v) is 18.5. The Morgan fingerprint density at radius 3 is 1.84 bits per heavy atom. The summed E-state index contributed by atoms with van der Waals surface area (Å²) in [4.78, 5) is 59.8. The van der Waals surface area contributed by atoms with E-state index in [0.717, 1.165) is 0 Å². The molecule has 0 bridgehead atoms. The quantitative estimate of drug-likeness (QED) is 0.119. The van der Waals surface area contributed by atoms with Gasteiger partial charge in [-0.3, -0.25) is 19.2 Å². The van der Waals surface area contributed by atoms with Crippen molar-refractivity contribution in [2.75, 3.05) is 6.54 Å². The van der Waals surface area contributed by atoms with Crippen molar-refractivity contribution in [2.45, 2.75) is 76.7 Å². The SMILES string of the molecule is CC(C)C(NC(=O)C(NC(=O)C(CC(=O)O)NC(=O)C(N)CCCCN)C(C)O)C(=O)O. The van der Waals surface area contributed by atoms with Gasteiger partial charge < -0.3 is 42.7 Å². The molecule has 0 saturated heterocycles. The third kappa shape index (κ3) is 10.5. The highest BCUT2D eigenvalue weighted by molar-refractivity contribution is 5.95. The Bertz CT molecular complexity index is 670. The molecule has 13 heteroatoms. The Labute approximate surface area is 186 Å². The number of nitrogens with one attached hydrogen (secondary N) is 3. The molecule has 13 nitrogen and oxygen atoms in total. The molecule has 0 aromatic rings. The summed E-state index contributed by atoms with van der Waals surface area (Å²) in [5.41, 5.74) is 11.1. The molecule has 0 aromatic carbocycles. The first-order chi connectivity index (χ1) is 14.8. The Morgan fingerprint density at radius 2 is 1.41 bits per heavy atom. The summed E-state index contributed by atoms with van der Waals surface area (Å²) in [6.07, 6.45) is -0.773. The molecule has 0 aliphatic heterocycles. The zero-order valence-electron chi connectivity index (χ0n) is 18.5. The summed E-state index contributed by atoms with van der Waals surface area (Å²) in [6.45, 7) is 4.73. The topological polar surface area (TPSA) is 234 Å². The second-order valence-corrected chi connectivity index (χ2v) is 7.85. The maximum absolute atomic E-state index is 12.6. The summed E-state index contributed by atoms with van der Waals surface area (Å²) in [5.74, 6) is -5.97. The Hall–Kier alpha value is -2.77. The van der Waals surface area contributed by atoms with Crippen LogP contribution in [0, 0.1) is 5.92 Å². The number of carboxylic acids is 2. The van der Waals surface area contributed by atoms with Gasteiger partial charge in [-0.25, -0.2) is 4.79 Å². The minimum atomic E-state index is -1.59. The molecular formula is C19H35N5O8. The van der Waals surface area contributed by atoms with Crippen molar-refractivity contribution in [1.82, 2.24) is 16.0 Å². The van der Waals surface area contributed by atoms with E-state index in [0.29, 0.717) is 19.4 Å². The van der Waals surface area contributed by atoms with Crippen LogP contribution in [0.25, 0.3) is 0 Å². The van der Waals surface area contributed by atoms with Crippen LogP contribution >= 0.6 is 0 Å². The molecule has 0 saturated carbocycles. The van der Waals surface area contributed by atoms with Gasteiger partial charge in [-0.1, -0.05) is 20.3 Å². The van der Waals surface area contributed by atoms with E-state index in [-0.39, 0.29) is 6.42 Å². The van der Waals surface area contributed by atoms with Crippen molar-refractivity contribution in [1.29, 1.82) is 0 Å². The molecule has 0 aromatic heterocycles. The molecule has 0 heterocycles. The largest absolute Gasteiger partial charge is 0.481 e. The summed E-state index contributed by atoms with van der Waals surface area (Å²) >= 11 is 0. The van der Waals surface area contributed by atoms with Crippen molar-refractivity contribution < 1.29 is 39.3 Å². The number of hydrogen-bond acceptors (Lipinski definition) is 8. The lowest BCUT2D eigenvalue weighted by molar-refractivity contribution is -0.145. The van der Waals surface area contributed by atoms with E-state index in [2.05, 4.69) is 16.0 Å². The molecule has 10 N–H and O–H groups in total. The lowest BCUT2D eigenvalue weighted by Crippen LogP contribution is -2.60.